The minimum Gasteiger partial charge on any atom is -0.472 e. The van der Waals surface area contributed by atoms with Crippen LogP contribution in [0.4, 0.5) is 15.4 Å². The maximum atomic E-state index is 12.8. The fraction of sp³-hybridized carbons (Fsp3) is 0.429. The average Bonchev–Trinajstić information content (AvgIpc) is 3.12. The van der Waals surface area contributed by atoms with Crippen molar-refractivity contribution >= 4 is 24.0 Å². The van der Waals surface area contributed by atoms with Gasteiger partial charge in [-0.1, -0.05) is 0 Å². The Bertz CT molecular complexity index is 894. The van der Waals surface area contributed by atoms with Gasteiger partial charge in [0.2, 0.25) is 0 Å². The predicted octanol–water partition coefficient (Wildman–Crippen LogP) is 4.80. The molecule has 0 saturated heterocycles. The van der Waals surface area contributed by atoms with Gasteiger partial charge >= 0.3 is 18.2 Å². The molecule has 0 bridgehead atoms. The monoisotopic (exact) mass is 418 g/mol. The van der Waals surface area contributed by atoms with Crippen LogP contribution in [0.2, 0.25) is 0 Å². The van der Waals surface area contributed by atoms with Crippen molar-refractivity contribution in [1.29, 1.82) is 0 Å². The molecule has 0 atom stereocenters. The molecule has 0 fully saturated rings. The fourth-order valence-corrected chi connectivity index (χ4v) is 2.35. The van der Waals surface area contributed by atoms with E-state index < -0.39 is 29.4 Å². The number of nitrogens with zero attached hydrogens (tertiary/aromatic N) is 2. The Balaban J connectivity index is 2.57. The van der Waals surface area contributed by atoms with Crippen LogP contribution in [-0.4, -0.2) is 41.5 Å². The number of hydrogen-bond acceptors (Lipinski definition) is 8. The number of ether oxygens (including phenoxy) is 3. The van der Waals surface area contributed by atoms with Gasteiger partial charge in [0.1, 0.15) is 17.0 Å². The molecule has 0 radical (unpaired) electrons. The van der Waals surface area contributed by atoms with Crippen LogP contribution in [0.15, 0.2) is 35.1 Å². The maximum absolute atomic E-state index is 12.8. The lowest BCUT2D eigenvalue weighted by atomic mass is 10.1. The Hall–Kier alpha value is -3.36. The van der Waals surface area contributed by atoms with E-state index in [9.17, 15) is 14.4 Å². The third kappa shape index (κ3) is 5.82. The van der Waals surface area contributed by atoms with E-state index in [1.807, 2.05) is 0 Å². The normalized spacial score (nSPS) is 11.6. The van der Waals surface area contributed by atoms with Crippen molar-refractivity contribution in [3.05, 3.63) is 36.4 Å². The second-order valence-electron chi connectivity index (χ2n) is 8.37. The number of carbonyl (C=O) groups is 3. The summed E-state index contributed by atoms with van der Waals surface area (Å²) in [7, 11) is 1.20. The predicted molar refractivity (Wildman–Crippen MR) is 108 cm³/mol. The summed E-state index contributed by atoms with van der Waals surface area (Å²) in [4.78, 5) is 42.8. The molecule has 0 aliphatic carbocycles. The van der Waals surface area contributed by atoms with Crippen molar-refractivity contribution in [2.75, 3.05) is 12.0 Å². The number of hydrogen-bond donors (Lipinski definition) is 0. The highest BCUT2D eigenvalue weighted by Gasteiger charge is 2.34. The van der Waals surface area contributed by atoms with Crippen LogP contribution < -0.4 is 4.90 Å². The fourth-order valence-electron chi connectivity index (χ4n) is 2.35. The van der Waals surface area contributed by atoms with Crippen LogP contribution in [0.1, 0.15) is 52.0 Å². The molecule has 9 nitrogen and oxygen atoms in total. The molecule has 0 N–H and O–H groups in total. The quantitative estimate of drug-likeness (QED) is 0.516. The van der Waals surface area contributed by atoms with Crippen molar-refractivity contribution in [3.63, 3.8) is 0 Å². The molecule has 2 aromatic rings. The molecule has 162 valence electrons. The van der Waals surface area contributed by atoms with E-state index in [0.717, 1.165) is 0 Å². The van der Waals surface area contributed by atoms with E-state index in [1.54, 1.807) is 47.6 Å². The van der Waals surface area contributed by atoms with Crippen LogP contribution in [-0.2, 0) is 14.2 Å². The molecule has 30 heavy (non-hydrogen) atoms. The number of methoxy groups -OCH3 is 1. The molecular formula is C21H26N2O7. The van der Waals surface area contributed by atoms with Crippen LogP contribution in [0.25, 0.3) is 11.1 Å². The highest BCUT2D eigenvalue weighted by Crippen LogP contribution is 2.28. The topological polar surface area (TPSA) is 108 Å². The largest absolute Gasteiger partial charge is 0.472 e. The third-order valence-electron chi connectivity index (χ3n) is 3.47. The molecule has 0 spiro atoms. The summed E-state index contributed by atoms with van der Waals surface area (Å²) in [5.74, 6) is -0.896. The summed E-state index contributed by atoms with van der Waals surface area (Å²) < 4.78 is 20.5. The van der Waals surface area contributed by atoms with Crippen molar-refractivity contribution in [2.24, 2.45) is 0 Å². The summed E-state index contributed by atoms with van der Waals surface area (Å²) >= 11 is 0. The zero-order valence-electron chi connectivity index (χ0n) is 18.1. The van der Waals surface area contributed by atoms with Gasteiger partial charge in [0.05, 0.1) is 19.6 Å². The van der Waals surface area contributed by atoms with E-state index in [1.165, 1.54) is 31.8 Å². The highest BCUT2D eigenvalue weighted by molar-refractivity contribution is 6.09. The first kappa shape index (κ1) is 22.9. The Labute approximate surface area is 174 Å². The zero-order chi connectivity index (χ0) is 22.7. The first-order chi connectivity index (χ1) is 13.8. The molecule has 0 unspecified atom stereocenters. The summed E-state index contributed by atoms with van der Waals surface area (Å²) in [6.45, 7) is 9.96. The number of pyridine rings is 1. The van der Waals surface area contributed by atoms with E-state index in [-0.39, 0.29) is 11.5 Å². The summed E-state index contributed by atoms with van der Waals surface area (Å²) in [6, 6.07) is 4.58. The van der Waals surface area contributed by atoms with Gasteiger partial charge in [0, 0.05) is 11.1 Å². The average molecular weight is 418 g/mol. The maximum Gasteiger partial charge on any atom is 0.425 e. The van der Waals surface area contributed by atoms with Crippen molar-refractivity contribution in [3.8, 4) is 11.1 Å². The standard InChI is InChI=1S/C21H26N2O7/c1-20(2,3)29-18(25)23(19(26)30-21(4,5)6)15-9-8-14(13-10-11-28-12-13)16(22-15)17(24)27-7/h8-12H,1-7H3. The minimum absolute atomic E-state index is 0.103. The van der Waals surface area contributed by atoms with Crippen LogP contribution in [0.5, 0.6) is 0 Å². The van der Waals surface area contributed by atoms with Crippen molar-refractivity contribution < 1.29 is 33.0 Å². The second-order valence-corrected chi connectivity index (χ2v) is 8.37. The lowest BCUT2D eigenvalue weighted by Crippen LogP contribution is -2.44. The van der Waals surface area contributed by atoms with E-state index in [0.29, 0.717) is 16.0 Å². The number of rotatable bonds is 3. The van der Waals surface area contributed by atoms with Gasteiger partial charge < -0.3 is 18.6 Å². The van der Waals surface area contributed by atoms with Gasteiger partial charge in [0.25, 0.3) is 0 Å². The zero-order valence-corrected chi connectivity index (χ0v) is 18.1. The lowest BCUT2D eigenvalue weighted by molar-refractivity contribution is 0.0426. The van der Waals surface area contributed by atoms with Gasteiger partial charge in [0.15, 0.2) is 5.69 Å². The summed E-state index contributed by atoms with van der Waals surface area (Å²) in [5.41, 5.74) is -0.866. The Kier molecular flexibility index (Phi) is 6.54. The molecule has 0 aliphatic rings. The lowest BCUT2D eigenvalue weighted by Gasteiger charge is -2.28. The van der Waals surface area contributed by atoms with Crippen molar-refractivity contribution in [2.45, 2.75) is 52.7 Å². The molecule has 9 heteroatoms. The first-order valence-corrected chi connectivity index (χ1v) is 9.20. The minimum atomic E-state index is -0.990. The van der Waals surface area contributed by atoms with Gasteiger partial charge in [-0.25, -0.2) is 19.4 Å². The number of furan rings is 1. The van der Waals surface area contributed by atoms with E-state index in [2.05, 4.69) is 4.98 Å². The second kappa shape index (κ2) is 8.56. The first-order valence-electron chi connectivity index (χ1n) is 9.20. The molecule has 2 rings (SSSR count). The highest BCUT2D eigenvalue weighted by atomic mass is 16.6. The number of aromatic nitrogens is 1. The SMILES string of the molecule is COC(=O)c1nc(N(C(=O)OC(C)(C)C)C(=O)OC(C)(C)C)ccc1-c1ccoc1. The van der Waals surface area contributed by atoms with Gasteiger partial charge in [-0.05, 0) is 59.7 Å². The number of carbonyl (C=O) groups excluding carboxylic acids is 3. The van der Waals surface area contributed by atoms with E-state index >= 15 is 0 Å². The number of imide groups is 1. The van der Waals surface area contributed by atoms with Gasteiger partial charge in [-0.2, -0.15) is 4.90 Å². The summed E-state index contributed by atoms with van der Waals surface area (Å²) in [5, 5.41) is 0. The number of anilines is 1. The van der Waals surface area contributed by atoms with Crippen molar-refractivity contribution in [1.82, 2.24) is 4.98 Å². The molecule has 2 amide bonds. The molecule has 2 heterocycles. The smallest absolute Gasteiger partial charge is 0.425 e. The molecule has 0 aliphatic heterocycles. The third-order valence-corrected chi connectivity index (χ3v) is 3.47. The van der Waals surface area contributed by atoms with Gasteiger partial charge in [-0.3, -0.25) is 0 Å². The Morgan fingerprint density at radius 3 is 1.93 bits per heavy atom. The number of esters is 1. The van der Waals surface area contributed by atoms with Crippen LogP contribution in [0.3, 0.4) is 0 Å². The van der Waals surface area contributed by atoms with Gasteiger partial charge in [-0.15, -0.1) is 0 Å². The molecule has 0 aromatic carbocycles. The van der Waals surface area contributed by atoms with Crippen LogP contribution in [0, 0.1) is 0 Å². The van der Waals surface area contributed by atoms with Crippen LogP contribution >= 0.6 is 0 Å². The summed E-state index contributed by atoms with van der Waals surface area (Å²) in [6.07, 6.45) is 0.896. The Morgan fingerprint density at radius 1 is 0.933 bits per heavy atom. The molecule has 2 aromatic heterocycles. The molecule has 0 saturated carbocycles. The number of amides is 2. The Morgan fingerprint density at radius 2 is 1.50 bits per heavy atom. The van der Waals surface area contributed by atoms with E-state index in [4.69, 9.17) is 18.6 Å². The molecular weight excluding hydrogens is 392 g/mol.